The van der Waals surface area contributed by atoms with Crippen LogP contribution in [0.2, 0.25) is 0 Å². The molecule has 0 N–H and O–H groups in total. The van der Waals surface area contributed by atoms with Gasteiger partial charge < -0.3 is 18.9 Å². The lowest BCUT2D eigenvalue weighted by Crippen LogP contribution is -2.12. The lowest BCUT2D eigenvalue weighted by atomic mass is 9.83. The monoisotopic (exact) mass is 1050 g/mol. The van der Waals surface area contributed by atoms with E-state index < -0.39 is 0 Å². The minimum absolute atomic E-state index is 1.11. The van der Waals surface area contributed by atoms with Gasteiger partial charge in [-0.1, -0.05) is 158 Å². The van der Waals surface area contributed by atoms with E-state index in [0.717, 1.165) is 45.5 Å². The molecule has 2 heterocycles. The lowest BCUT2D eigenvalue weighted by Gasteiger charge is -2.29. The molecule has 4 heteroatoms. The molecule has 0 aliphatic heterocycles. The summed E-state index contributed by atoms with van der Waals surface area (Å²) in [5.41, 5.74) is 23.6. The van der Waals surface area contributed by atoms with Crippen molar-refractivity contribution in [2.75, 3.05) is 9.80 Å². The second kappa shape index (κ2) is 19.7. The van der Waals surface area contributed by atoms with Crippen LogP contribution in [0.25, 0.3) is 98.8 Å². The van der Waals surface area contributed by atoms with Gasteiger partial charge in [0.2, 0.25) is 0 Å². The summed E-state index contributed by atoms with van der Waals surface area (Å²) in [4.78, 5) is 4.88. The van der Waals surface area contributed by atoms with E-state index in [1.807, 2.05) is 0 Å². The first-order valence-electron chi connectivity index (χ1n) is 28.4. The highest BCUT2D eigenvalue weighted by molar-refractivity contribution is 6.22. The topological polar surface area (TPSA) is 16.3 Å². The molecule has 0 fully saturated rings. The smallest absolute Gasteiger partial charge is 0.0542 e. The van der Waals surface area contributed by atoms with Crippen LogP contribution < -0.4 is 9.80 Å². The first-order valence-corrected chi connectivity index (χ1v) is 28.4. The Labute approximate surface area is 478 Å². The number of hydrogen-bond acceptors (Lipinski definition) is 2. The highest BCUT2D eigenvalue weighted by atomic mass is 15.2. The zero-order chi connectivity index (χ0) is 55.0. The molecule has 0 amide bonds. The van der Waals surface area contributed by atoms with Gasteiger partial charge >= 0.3 is 0 Å². The third-order valence-electron chi connectivity index (χ3n) is 16.9. The van der Waals surface area contributed by atoms with Gasteiger partial charge in [-0.25, -0.2) is 0 Å². The molecule has 0 saturated heterocycles. The van der Waals surface area contributed by atoms with E-state index in [1.54, 1.807) is 0 Å². The Kier molecular flexibility index (Phi) is 11.7. The first kappa shape index (κ1) is 48.7. The van der Waals surface area contributed by atoms with E-state index in [-0.39, 0.29) is 0 Å². The molecule has 0 saturated carbocycles. The molecular formula is C78H58N4. The number of benzene rings is 13. The predicted octanol–water partition coefficient (Wildman–Crippen LogP) is 21.7. The molecule has 2 aromatic heterocycles. The molecule has 15 aromatic rings. The Morgan fingerprint density at radius 3 is 0.902 bits per heavy atom. The normalized spacial score (nSPS) is 11.7. The van der Waals surface area contributed by atoms with Gasteiger partial charge in [-0.15, -0.1) is 0 Å². The van der Waals surface area contributed by atoms with Crippen molar-refractivity contribution in [1.29, 1.82) is 0 Å². The van der Waals surface area contributed by atoms with Crippen LogP contribution in [0, 0.1) is 27.7 Å². The Morgan fingerprint density at radius 2 is 0.537 bits per heavy atom. The van der Waals surface area contributed by atoms with E-state index in [1.165, 1.54) is 110 Å². The van der Waals surface area contributed by atoms with Crippen LogP contribution >= 0.6 is 0 Å². The summed E-state index contributed by atoms with van der Waals surface area (Å²) in [6.07, 6.45) is 0. The maximum Gasteiger partial charge on any atom is 0.0542 e. The fraction of sp³-hybridized carbons (Fsp3) is 0.0513. The van der Waals surface area contributed by atoms with Gasteiger partial charge in [-0.3, -0.25) is 0 Å². The predicted molar refractivity (Wildman–Crippen MR) is 349 cm³/mol. The van der Waals surface area contributed by atoms with Crippen molar-refractivity contribution < 1.29 is 0 Å². The van der Waals surface area contributed by atoms with Crippen LogP contribution in [0.5, 0.6) is 0 Å². The Bertz CT molecular complexity index is 4590. The van der Waals surface area contributed by atoms with Crippen LogP contribution in [0.3, 0.4) is 0 Å². The molecular weight excluding hydrogens is 993 g/mol. The van der Waals surface area contributed by atoms with Gasteiger partial charge in [0.25, 0.3) is 0 Å². The highest BCUT2D eigenvalue weighted by Crippen LogP contribution is 2.50. The van der Waals surface area contributed by atoms with E-state index >= 15 is 0 Å². The maximum absolute atomic E-state index is 2.44. The van der Waals surface area contributed by atoms with Crippen LogP contribution in [-0.2, 0) is 0 Å². The fourth-order valence-corrected chi connectivity index (χ4v) is 13.3. The average molecular weight is 1050 g/mol. The lowest BCUT2D eigenvalue weighted by molar-refractivity contribution is 1.18. The second-order valence-corrected chi connectivity index (χ2v) is 21.9. The van der Waals surface area contributed by atoms with Crippen LogP contribution in [0.15, 0.2) is 279 Å². The molecule has 4 nitrogen and oxygen atoms in total. The summed E-state index contributed by atoms with van der Waals surface area (Å²) < 4.78 is 4.77. The SMILES string of the molecule is Cc1cc(N(c2ccccc2)c2ccc3c(c2)c2ccccc2n3-c2ccccc2)c(C)cc1-c1c2ccccc2c(-c2cc(C)c(N(c3ccccc3)c3ccc4c(c3)c3ccccc3n4-c3ccccc3)cc2C)c2ccccc12. The molecule has 0 aliphatic carbocycles. The number of nitrogens with zero attached hydrogens (tertiary/aromatic N) is 4. The summed E-state index contributed by atoms with van der Waals surface area (Å²) in [7, 11) is 0. The molecule has 0 spiro atoms. The van der Waals surface area contributed by atoms with Crippen molar-refractivity contribution in [2.24, 2.45) is 0 Å². The second-order valence-electron chi connectivity index (χ2n) is 21.9. The van der Waals surface area contributed by atoms with Gasteiger partial charge in [0.15, 0.2) is 0 Å². The van der Waals surface area contributed by atoms with Crippen LogP contribution in [0.4, 0.5) is 34.1 Å². The summed E-state index contributed by atoms with van der Waals surface area (Å²) in [6, 6.07) is 102. The third kappa shape index (κ3) is 7.90. The van der Waals surface area contributed by atoms with Gasteiger partial charge in [-0.05, 0) is 215 Å². The number of aromatic nitrogens is 2. The minimum atomic E-state index is 1.11. The van der Waals surface area contributed by atoms with Gasteiger partial charge in [0, 0.05) is 67.0 Å². The van der Waals surface area contributed by atoms with E-state index in [2.05, 4.69) is 326 Å². The zero-order valence-electron chi connectivity index (χ0n) is 46.3. The molecule has 0 atom stereocenters. The van der Waals surface area contributed by atoms with Crippen molar-refractivity contribution in [3.8, 4) is 33.6 Å². The zero-order valence-corrected chi connectivity index (χ0v) is 46.3. The van der Waals surface area contributed by atoms with Crippen molar-refractivity contribution in [2.45, 2.75) is 27.7 Å². The molecule has 0 bridgehead atoms. The third-order valence-corrected chi connectivity index (χ3v) is 16.9. The van der Waals surface area contributed by atoms with Crippen molar-refractivity contribution in [3.05, 3.63) is 301 Å². The quantitative estimate of drug-likeness (QED) is 0.127. The summed E-state index contributed by atoms with van der Waals surface area (Å²) in [6.45, 7) is 9.14. The molecule has 0 unspecified atom stereocenters. The molecule has 0 aliphatic rings. The van der Waals surface area contributed by atoms with Crippen molar-refractivity contribution >= 4 is 99.3 Å². The van der Waals surface area contributed by atoms with Crippen LogP contribution in [0.1, 0.15) is 22.3 Å². The number of anilines is 6. The molecule has 0 radical (unpaired) electrons. The Hall–Kier alpha value is -10.4. The molecule has 13 aromatic carbocycles. The number of hydrogen-bond donors (Lipinski definition) is 0. The largest absolute Gasteiger partial charge is 0.310 e. The maximum atomic E-state index is 2.44. The van der Waals surface area contributed by atoms with E-state index in [9.17, 15) is 0 Å². The number of fused-ring (bicyclic) bond motifs is 8. The average Bonchev–Trinajstić information content (AvgIpc) is 4.10. The van der Waals surface area contributed by atoms with E-state index in [0.29, 0.717) is 0 Å². The van der Waals surface area contributed by atoms with Crippen molar-refractivity contribution in [1.82, 2.24) is 9.13 Å². The van der Waals surface area contributed by atoms with Gasteiger partial charge in [0.1, 0.15) is 0 Å². The number of para-hydroxylation sites is 6. The fourth-order valence-electron chi connectivity index (χ4n) is 13.3. The Morgan fingerprint density at radius 1 is 0.232 bits per heavy atom. The minimum Gasteiger partial charge on any atom is -0.310 e. The number of rotatable bonds is 10. The summed E-state index contributed by atoms with van der Waals surface area (Å²) in [5, 5.41) is 9.85. The summed E-state index contributed by atoms with van der Waals surface area (Å²) >= 11 is 0. The molecule has 390 valence electrons. The highest BCUT2D eigenvalue weighted by Gasteiger charge is 2.25. The van der Waals surface area contributed by atoms with Crippen molar-refractivity contribution in [3.63, 3.8) is 0 Å². The number of aryl methyl sites for hydroxylation is 4. The van der Waals surface area contributed by atoms with Gasteiger partial charge in [-0.2, -0.15) is 0 Å². The molecule has 82 heavy (non-hydrogen) atoms. The van der Waals surface area contributed by atoms with Gasteiger partial charge in [0.05, 0.1) is 22.1 Å². The van der Waals surface area contributed by atoms with Crippen LogP contribution in [-0.4, -0.2) is 9.13 Å². The van der Waals surface area contributed by atoms with E-state index in [4.69, 9.17) is 0 Å². The Balaban J connectivity index is 0.866. The molecule has 15 rings (SSSR count). The first-order chi connectivity index (χ1) is 40.4. The standard InChI is InChI=1S/C78H58N4/c1-51-47-75(79(55-25-9-5-10-26-55)59-41-43-73-69(49-59)61-33-21-23-39-71(61)81(73)57-29-13-7-14-30-57)53(3)45-67(51)77-63-35-17-19-37-65(63)78(66-38-20-18-36-64(66)77)68-46-54(4)76(48-52(68)2)80(56-27-11-6-12-28-56)60-42-44-74-70(50-60)62-34-22-24-40-72(62)82(74)58-31-15-8-16-32-58/h5-50H,1-4H3. The summed E-state index contributed by atoms with van der Waals surface area (Å²) in [5.74, 6) is 0.